The molecule has 1 nitrogen and oxygen atoms in total. The normalized spacial score (nSPS) is 19.4. The van der Waals surface area contributed by atoms with Gasteiger partial charge in [0.2, 0.25) is 0 Å². The van der Waals surface area contributed by atoms with E-state index in [9.17, 15) is 0 Å². The molecule has 1 aliphatic heterocycles. The smallest absolute Gasteiger partial charge is 0.0527 e. The highest BCUT2D eigenvalue weighted by atomic mass is 35.5. The fraction of sp³-hybridized carbons (Fsp3) is 0.143. The summed E-state index contributed by atoms with van der Waals surface area (Å²) in [5, 5.41) is 4.86. The lowest BCUT2D eigenvalue weighted by atomic mass is 9.93. The van der Waals surface area contributed by atoms with Crippen LogP contribution in [0.3, 0.4) is 0 Å². The van der Waals surface area contributed by atoms with E-state index < -0.39 is 0 Å². The number of hydrogen-bond donors (Lipinski definition) is 1. The van der Waals surface area contributed by atoms with Gasteiger partial charge in [0.05, 0.1) is 6.04 Å². The van der Waals surface area contributed by atoms with Crippen molar-refractivity contribution in [3.05, 3.63) is 95.0 Å². The van der Waals surface area contributed by atoms with Crippen LogP contribution in [0.1, 0.15) is 28.8 Å². The van der Waals surface area contributed by atoms with E-state index in [0.29, 0.717) is 11.3 Å². The van der Waals surface area contributed by atoms with E-state index >= 15 is 0 Å². The summed E-state index contributed by atoms with van der Waals surface area (Å²) >= 11 is 8.18. The van der Waals surface area contributed by atoms with Crippen LogP contribution in [-0.2, 0) is 0 Å². The molecule has 1 aliphatic rings. The maximum Gasteiger partial charge on any atom is 0.0527 e. The van der Waals surface area contributed by atoms with Gasteiger partial charge in [-0.25, -0.2) is 0 Å². The standard InChI is InChI=1S/C21H18ClNS/c22-16-11-12-19-18(13-16)21(24-17-9-5-2-6-10-17)14-20(23-19)15-7-3-1-4-8-15/h1-13,20-21,23H,14H2. The van der Waals surface area contributed by atoms with Crippen LogP contribution in [0.2, 0.25) is 5.02 Å². The minimum Gasteiger partial charge on any atom is -0.378 e. The Hall–Kier alpha value is -1.90. The van der Waals surface area contributed by atoms with Crippen LogP contribution in [0, 0.1) is 0 Å². The Kier molecular flexibility index (Phi) is 4.50. The van der Waals surface area contributed by atoms with Crippen LogP contribution in [0.15, 0.2) is 83.8 Å². The minimum absolute atomic E-state index is 0.320. The van der Waals surface area contributed by atoms with Crippen LogP contribution in [0.25, 0.3) is 0 Å². The van der Waals surface area contributed by atoms with Gasteiger partial charge in [-0.2, -0.15) is 0 Å². The summed E-state index contributed by atoms with van der Waals surface area (Å²) in [6.45, 7) is 0. The van der Waals surface area contributed by atoms with E-state index in [1.807, 2.05) is 17.8 Å². The van der Waals surface area contributed by atoms with Crippen LogP contribution in [0.5, 0.6) is 0 Å². The lowest BCUT2D eigenvalue weighted by Crippen LogP contribution is -2.20. The Morgan fingerprint density at radius 3 is 2.33 bits per heavy atom. The van der Waals surface area contributed by atoms with E-state index in [0.717, 1.165) is 11.4 Å². The summed E-state index contributed by atoms with van der Waals surface area (Å²) in [7, 11) is 0. The van der Waals surface area contributed by atoms with Gasteiger partial charge in [-0.3, -0.25) is 0 Å². The van der Waals surface area contributed by atoms with Gasteiger partial charge in [0, 0.05) is 20.9 Å². The number of nitrogens with one attached hydrogen (secondary N) is 1. The predicted molar refractivity (Wildman–Crippen MR) is 104 cm³/mol. The van der Waals surface area contributed by atoms with Crippen molar-refractivity contribution >= 4 is 29.1 Å². The molecule has 0 saturated heterocycles. The van der Waals surface area contributed by atoms with Crippen LogP contribution in [0.4, 0.5) is 5.69 Å². The molecule has 1 N–H and O–H groups in total. The highest BCUT2D eigenvalue weighted by Gasteiger charge is 2.28. The lowest BCUT2D eigenvalue weighted by Gasteiger charge is -2.33. The molecule has 0 fully saturated rings. The number of rotatable bonds is 3. The molecule has 3 heteroatoms. The summed E-state index contributed by atoms with van der Waals surface area (Å²) in [6, 6.07) is 27.8. The summed E-state index contributed by atoms with van der Waals surface area (Å²) < 4.78 is 0. The van der Waals surface area contributed by atoms with Crippen molar-refractivity contribution in [2.24, 2.45) is 0 Å². The molecule has 3 aromatic rings. The molecule has 4 rings (SSSR count). The molecule has 2 unspecified atom stereocenters. The minimum atomic E-state index is 0.320. The third-order valence-corrected chi connectivity index (χ3v) is 5.87. The first-order chi connectivity index (χ1) is 11.8. The van der Waals surface area contributed by atoms with Gasteiger partial charge in [0.25, 0.3) is 0 Å². The van der Waals surface area contributed by atoms with Gasteiger partial charge in [0.15, 0.2) is 0 Å². The van der Waals surface area contributed by atoms with Gasteiger partial charge in [-0.15, -0.1) is 11.8 Å². The van der Waals surface area contributed by atoms with Gasteiger partial charge >= 0.3 is 0 Å². The van der Waals surface area contributed by atoms with Crippen molar-refractivity contribution in [2.45, 2.75) is 22.6 Å². The largest absolute Gasteiger partial charge is 0.378 e. The van der Waals surface area contributed by atoms with Crippen molar-refractivity contribution < 1.29 is 0 Å². The lowest BCUT2D eigenvalue weighted by molar-refractivity contribution is 0.657. The Morgan fingerprint density at radius 2 is 1.58 bits per heavy atom. The van der Waals surface area contributed by atoms with Crippen molar-refractivity contribution in [1.29, 1.82) is 0 Å². The molecule has 1 heterocycles. The highest BCUT2D eigenvalue weighted by molar-refractivity contribution is 7.99. The van der Waals surface area contributed by atoms with Gasteiger partial charge in [-0.1, -0.05) is 60.1 Å². The van der Waals surface area contributed by atoms with Crippen molar-refractivity contribution in [1.82, 2.24) is 0 Å². The second-order valence-corrected chi connectivity index (χ2v) is 7.71. The van der Waals surface area contributed by atoms with E-state index in [4.69, 9.17) is 11.6 Å². The molecule has 120 valence electrons. The SMILES string of the molecule is Clc1ccc2c(c1)C(Sc1ccccc1)CC(c1ccccc1)N2. The van der Waals surface area contributed by atoms with E-state index in [1.54, 1.807) is 0 Å². The Labute approximate surface area is 152 Å². The van der Waals surface area contributed by atoms with Crippen LogP contribution < -0.4 is 5.32 Å². The third-order valence-electron chi connectivity index (χ3n) is 4.36. The average Bonchev–Trinajstić information content (AvgIpc) is 2.63. The maximum absolute atomic E-state index is 6.26. The molecule has 0 aromatic heterocycles. The van der Waals surface area contributed by atoms with Gasteiger partial charge in [-0.05, 0) is 47.9 Å². The van der Waals surface area contributed by atoms with E-state index in [-0.39, 0.29) is 0 Å². The summed E-state index contributed by atoms with van der Waals surface area (Å²) in [6.07, 6.45) is 1.04. The average molecular weight is 352 g/mol. The molecule has 0 saturated carbocycles. The molecule has 0 bridgehead atoms. The number of anilines is 1. The zero-order valence-electron chi connectivity index (χ0n) is 13.2. The molecule has 0 aliphatic carbocycles. The Bertz CT molecular complexity index is 820. The summed E-state index contributed by atoms with van der Waals surface area (Å²) in [5.74, 6) is 0. The molecule has 0 radical (unpaired) electrons. The first kappa shape index (κ1) is 15.6. The third kappa shape index (κ3) is 3.31. The van der Waals surface area contributed by atoms with Gasteiger partial charge in [0.1, 0.15) is 0 Å². The second kappa shape index (κ2) is 6.92. The van der Waals surface area contributed by atoms with Crippen molar-refractivity contribution in [3.63, 3.8) is 0 Å². The molecule has 0 amide bonds. The molecule has 24 heavy (non-hydrogen) atoms. The topological polar surface area (TPSA) is 12.0 Å². The maximum atomic E-state index is 6.26. The molecule has 2 atom stereocenters. The summed E-state index contributed by atoms with van der Waals surface area (Å²) in [4.78, 5) is 1.29. The highest BCUT2D eigenvalue weighted by Crippen LogP contribution is 2.48. The number of fused-ring (bicyclic) bond motifs is 1. The van der Waals surface area contributed by atoms with Crippen LogP contribution >= 0.6 is 23.4 Å². The van der Waals surface area contributed by atoms with Crippen LogP contribution in [-0.4, -0.2) is 0 Å². The first-order valence-corrected chi connectivity index (χ1v) is 9.38. The number of hydrogen-bond acceptors (Lipinski definition) is 2. The molecule has 0 spiro atoms. The molecular formula is C21H18ClNS. The molecule has 3 aromatic carbocycles. The van der Waals surface area contributed by atoms with E-state index in [2.05, 4.69) is 78.1 Å². The zero-order chi connectivity index (χ0) is 16.4. The first-order valence-electron chi connectivity index (χ1n) is 8.12. The number of halogens is 1. The Morgan fingerprint density at radius 1 is 0.875 bits per heavy atom. The quantitative estimate of drug-likeness (QED) is 0.561. The van der Waals surface area contributed by atoms with Crippen molar-refractivity contribution in [2.75, 3.05) is 5.32 Å². The molecular weight excluding hydrogens is 334 g/mol. The fourth-order valence-electron chi connectivity index (χ4n) is 3.20. The number of thioether (sulfide) groups is 1. The number of benzene rings is 3. The van der Waals surface area contributed by atoms with Crippen molar-refractivity contribution in [3.8, 4) is 0 Å². The van der Waals surface area contributed by atoms with Gasteiger partial charge < -0.3 is 5.32 Å². The Balaban J connectivity index is 1.69. The van der Waals surface area contributed by atoms with E-state index in [1.165, 1.54) is 21.7 Å². The monoisotopic (exact) mass is 351 g/mol. The zero-order valence-corrected chi connectivity index (χ0v) is 14.7. The summed E-state index contributed by atoms with van der Waals surface area (Å²) in [5.41, 5.74) is 3.81. The second-order valence-electron chi connectivity index (χ2n) is 5.99. The fourth-order valence-corrected chi connectivity index (χ4v) is 4.63. The predicted octanol–water partition coefficient (Wildman–Crippen LogP) is 6.73.